The number of hydrogen-bond donors (Lipinski definition) is 1. The maximum Gasteiger partial charge on any atom is 0.255 e. The van der Waals surface area contributed by atoms with Gasteiger partial charge in [0.1, 0.15) is 0 Å². The van der Waals surface area contributed by atoms with Crippen molar-refractivity contribution in [3.05, 3.63) is 49.8 Å². The SMILES string of the molecule is Cc1nc(N2CCOCC2)[nH]c(=O)c1CCC(=O)N1CCCc2cc(Br)ccc21. The Hall–Kier alpha value is -2.19. The smallest absolute Gasteiger partial charge is 0.255 e. The summed E-state index contributed by atoms with van der Waals surface area (Å²) in [5.74, 6) is 0.630. The number of morpholine rings is 1. The first-order valence-corrected chi connectivity index (χ1v) is 10.8. The van der Waals surface area contributed by atoms with Gasteiger partial charge in [0.2, 0.25) is 11.9 Å². The number of ether oxygens (including phenoxy) is 1. The van der Waals surface area contributed by atoms with E-state index in [1.807, 2.05) is 28.9 Å². The number of carbonyl (C=O) groups excluding carboxylic acids is 1. The van der Waals surface area contributed by atoms with E-state index in [0.29, 0.717) is 49.9 Å². The molecule has 4 rings (SSSR count). The van der Waals surface area contributed by atoms with Crippen LogP contribution in [0.3, 0.4) is 0 Å². The molecule has 7 nitrogen and oxygen atoms in total. The number of amides is 1. The number of halogens is 1. The van der Waals surface area contributed by atoms with Gasteiger partial charge >= 0.3 is 0 Å². The molecule has 8 heteroatoms. The second-order valence-corrected chi connectivity index (χ2v) is 8.39. The van der Waals surface area contributed by atoms with E-state index in [1.54, 1.807) is 0 Å². The number of rotatable bonds is 4. The molecule has 0 radical (unpaired) electrons. The number of anilines is 2. The summed E-state index contributed by atoms with van der Waals surface area (Å²) in [5.41, 5.74) is 3.28. The van der Waals surface area contributed by atoms with E-state index in [2.05, 4.69) is 32.0 Å². The first-order chi connectivity index (χ1) is 14.0. The zero-order valence-electron chi connectivity index (χ0n) is 16.5. The van der Waals surface area contributed by atoms with Crippen molar-refractivity contribution in [2.45, 2.75) is 32.6 Å². The van der Waals surface area contributed by atoms with Gasteiger partial charge < -0.3 is 14.5 Å². The molecule has 1 saturated heterocycles. The Kier molecular flexibility index (Phi) is 6.01. The molecule has 1 aromatic carbocycles. The summed E-state index contributed by atoms with van der Waals surface area (Å²) in [4.78, 5) is 36.9. The Morgan fingerprint density at radius 3 is 2.83 bits per heavy atom. The molecule has 2 aliphatic rings. The maximum atomic E-state index is 12.9. The lowest BCUT2D eigenvalue weighted by Gasteiger charge is -2.30. The van der Waals surface area contributed by atoms with E-state index >= 15 is 0 Å². The molecule has 1 amide bonds. The van der Waals surface area contributed by atoms with Gasteiger partial charge in [-0.15, -0.1) is 0 Å². The summed E-state index contributed by atoms with van der Waals surface area (Å²) in [6.07, 6.45) is 2.60. The minimum absolute atomic E-state index is 0.0457. The molecule has 1 N–H and O–H groups in total. The van der Waals surface area contributed by atoms with Crippen LogP contribution in [0.1, 0.15) is 29.7 Å². The highest BCUT2D eigenvalue weighted by Crippen LogP contribution is 2.30. The highest BCUT2D eigenvalue weighted by molar-refractivity contribution is 9.10. The molecule has 1 aromatic heterocycles. The van der Waals surface area contributed by atoms with Gasteiger partial charge in [0.25, 0.3) is 5.56 Å². The molecule has 154 valence electrons. The number of H-pyrrole nitrogens is 1. The molecular formula is C21H25BrN4O3. The number of aromatic amines is 1. The zero-order valence-corrected chi connectivity index (χ0v) is 18.1. The zero-order chi connectivity index (χ0) is 20.4. The van der Waals surface area contributed by atoms with Crippen LogP contribution in [-0.4, -0.2) is 48.7 Å². The van der Waals surface area contributed by atoms with Gasteiger partial charge in [-0.1, -0.05) is 15.9 Å². The normalized spacial score (nSPS) is 16.6. The van der Waals surface area contributed by atoms with Crippen molar-refractivity contribution in [3.63, 3.8) is 0 Å². The summed E-state index contributed by atoms with van der Waals surface area (Å²) in [7, 11) is 0. The largest absolute Gasteiger partial charge is 0.378 e. The summed E-state index contributed by atoms with van der Waals surface area (Å²) in [6, 6.07) is 6.04. The lowest BCUT2D eigenvalue weighted by molar-refractivity contribution is -0.118. The average Bonchev–Trinajstić information content (AvgIpc) is 2.72. The van der Waals surface area contributed by atoms with Crippen molar-refractivity contribution >= 4 is 33.5 Å². The summed E-state index contributed by atoms with van der Waals surface area (Å²) >= 11 is 3.50. The second kappa shape index (κ2) is 8.67. The quantitative estimate of drug-likeness (QED) is 0.758. The van der Waals surface area contributed by atoms with Gasteiger partial charge in [-0.2, -0.15) is 0 Å². The Labute approximate surface area is 178 Å². The number of fused-ring (bicyclic) bond motifs is 1. The van der Waals surface area contributed by atoms with E-state index in [-0.39, 0.29) is 17.9 Å². The van der Waals surface area contributed by atoms with E-state index in [9.17, 15) is 9.59 Å². The molecule has 3 heterocycles. The Morgan fingerprint density at radius 1 is 1.28 bits per heavy atom. The van der Waals surface area contributed by atoms with Crippen LogP contribution >= 0.6 is 15.9 Å². The van der Waals surface area contributed by atoms with E-state index in [1.165, 1.54) is 5.56 Å². The van der Waals surface area contributed by atoms with Gasteiger partial charge in [0.15, 0.2) is 0 Å². The van der Waals surface area contributed by atoms with Crippen LogP contribution in [0, 0.1) is 6.92 Å². The molecule has 29 heavy (non-hydrogen) atoms. The minimum Gasteiger partial charge on any atom is -0.378 e. The number of benzene rings is 1. The highest BCUT2D eigenvalue weighted by Gasteiger charge is 2.23. The first-order valence-electron chi connectivity index (χ1n) is 10.0. The molecule has 0 aliphatic carbocycles. The molecule has 2 aliphatic heterocycles. The predicted octanol–water partition coefficient (Wildman–Crippen LogP) is 2.59. The lowest BCUT2D eigenvalue weighted by Crippen LogP contribution is -2.39. The van der Waals surface area contributed by atoms with Gasteiger partial charge in [-0.05, 0) is 49.9 Å². The van der Waals surface area contributed by atoms with Crippen molar-refractivity contribution in [3.8, 4) is 0 Å². The molecule has 0 unspecified atom stereocenters. The fraction of sp³-hybridized carbons (Fsp3) is 0.476. The Balaban J connectivity index is 1.47. The van der Waals surface area contributed by atoms with Crippen molar-refractivity contribution in [1.82, 2.24) is 9.97 Å². The molecule has 2 aromatic rings. The van der Waals surface area contributed by atoms with Gasteiger partial charge in [0, 0.05) is 47.5 Å². The average molecular weight is 461 g/mol. The van der Waals surface area contributed by atoms with Crippen LogP contribution in [0.2, 0.25) is 0 Å². The summed E-state index contributed by atoms with van der Waals surface area (Å²) in [6.45, 7) is 5.25. The topological polar surface area (TPSA) is 78.5 Å². The summed E-state index contributed by atoms with van der Waals surface area (Å²) in [5, 5.41) is 0. The standard InChI is InChI=1S/C21H25BrN4O3/c1-14-17(20(28)24-21(23-14)25-9-11-29-12-10-25)5-7-19(27)26-8-2-3-15-13-16(22)4-6-18(15)26/h4,6,13H,2-3,5,7-12H2,1H3,(H,23,24,28). The number of hydrogen-bond acceptors (Lipinski definition) is 5. The van der Waals surface area contributed by atoms with Crippen molar-refractivity contribution in [2.24, 2.45) is 0 Å². The number of aryl methyl sites for hydroxylation is 2. The molecule has 0 saturated carbocycles. The van der Waals surface area contributed by atoms with Crippen LogP contribution in [0.5, 0.6) is 0 Å². The van der Waals surface area contributed by atoms with Crippen LogP contribution < -0.4 is 15.4 Å². The van der Waals surface area contributed by atoms with Crippen molar-refractivity contribution in [2.75, 3.05) is 42.6 Å². The third kappa shape index (κ3) is 4.38. The number of carbonyl (C=O) groups is 1. The fourth-order valence-corrected chi connectivity index (χ4v) is 4.42. The van der Waals surface area contributed by atoms with Crippen molar-refractivity contribution < 1.29 is 9.53 Å². The van der Waals surface area contributed by atoms with Crippen LogP contribution in [0.4, 0.5) is 11.6 Å². The molecule has 0 atom stereocenters. The summed E-state index contributed by atoms with van der Waals surface area (Å²) < 4.78 is 6.38. The minimum atomic E-state index is -0.158. The third-order valence-corrected chi connectivity index (χ3v) is 6.06. The van der Waals surface area contributed by atoms with E-state index < -0.39 is 0 Å². The predicted molar refractivity (Wildman–Crippen MR) is 116 cm³/mol. The number of nitrogens with zero attached hydrogens (tertiary/aromatic N) is 3. The van der Waals surface area contributed by atoms with Crippen LogP contribution in [0.25, 0.3) is 0 Å². The highest BCUT2D eigenvalue weighted by atomic mass is 79.9. The van der Waals surface area contributed by atoms with Gasteiger partial charge in [0.05, 0.1) is 13.2 Å². The molecule has 0 bridgehead atoms. The van der Waals surface area contributed by atoms with Gasteiger partial charge in [-0.25, -0.2) is 4.98 Å². The van der Waals surface area contributed by atoms with Crippen LogP contribution in [0.15, 0.2) is 27.5 Å². The van der Waals surface area contributed by atoms with E-state index in [4.69, 9.17) is 4.74 Å². The second-order valence-electron chi connectivity index (χ2n) is 7.47. The van der Waals surface area contributed by atoms with Crippen molar-refractivity contribution in [1.29, 1.82) is 0 Å². The van der Waals surface area contributed by atoms with Crippen LogP contribution in [-0.2, 0) is 22.4 Å². The molecular weight excluding hydrogens is 436 g/mol. The number of nitrogens with one attached hydrogen (secondary N) is 1. The van der Waals surface area contributed by atoms with Gasteiger partial charge in [-0.3, -0.25) is 14.6 Å². The monoisotopic (exact) mass is 460 g/mol. The Bertz CT molecular complexity index is 969. The third-order valence-electron chi connectivity index (χ3n) is 5.57. The lowest BCUT2D eigenvalue weighted by atomic mass is 10.0. The van der Waals surface area contributed by atoms with E-state index in [0.717, 1.165) is 29.5 Å². The Morgan fingerprint density at radius 2 is 2.07 bits per heavy atom. The maximum absolute atomic E-state index is 12.9. The first kappa shape index (κ1) is 20.1. The number of aromatic nitrogens is 2. The molecule has 1 fully saturated rings. The fourth-order valence-electron chi connectivity index (χ4n) is 4.01. The molecule has 0 spiro atoms.